The van der Waals surface area contributed by atoms with Crippen molar-refractivity contribution in [2.24, 2.45) is 0 Å². The lowest BCUT2D eigenvalue weighted by atomic mass is 10.0. The lowest BCUT2D eigenvalue weighted by Crippen LogP contribution is -2.12. The first kappa shape index (κ1) is 14.4. The highest BCUT2D eigenvalue weighted by molar-refractivity contribution is 5.65. The Morgan fingerprint density at radius 1 is 1.00 bits per heavy atom. The molecule has 0 aliphatic rings. The number of rotatable bonds is 1. The first-order valence-electron chi connectivity index (χ1n) is 5.29. The van der Waals surface area contributed by atoms with E-state index in [-0.39, 0.29) is 17.5 Å². The molecule has 0 aliphatic heterocycles. The lowest BCUT2D eigenvalue weighted by molar-refractivity contribution is -0.142. The van der Waals surface area contributed by atoms with E-state index in [2.05, 4.69) is 4.98 Å². The average Bonchev–Trinajstić information content (AvgIpc) is 2.72. The number of hydrogen-bond acceptors (Lipinski definition) is 2. The maximum atomic E-state index is 12.9. The topological polar surface area (TPSA) is 26.0 Å². The molecule has 1 aromatic heterocycles. The largest absolute Gasteiger partial charge is 0.443 e. The van der Waals surface area contributed by atoms with E-state index in [0.29, 0.717) is 6.07 Å². The van der Waals surface area contributed by atoms with Gasteiger partial charge in [-0.3, -0.25) is 0 Å². The Balaban J connectivity index is 2.68. The minimum atomic E-state index is -4.93. The van der Waals surface area contributed by atoms with Gasteiger partial charge < -0.3 is 4.42 Å². The summed E-state index contributed by atoms with van der Waals surface area (Å²) in [6.45, 7) is 1.40. The van der Waals surface area contributed by atoms with Gasteiger partial charge in [-0.2, -0.15) is 26.3 Å². The molecule has 0 saturated carbocycles. The fraction of sp³-hybridized carbons (Fsp3) is 0.250. The molecule has 0 spiro atoms. The van der Waals surface area contributed by atoms with Crippen LogP contribution in [0.15, 0.2) is 29.0 Å². The molecular weight excluding hydrogens is 288 g/mol. The molecule has 0 amide bonds. The third-order valence-corrected chi connectivity index (χ3v) is 2.64. The van der Waals surface area contributed by atoms with Crippen LogP contribution >= 0.6 is 0 Å². The number of oxazole rings is 1. The van der Waals surface area contributed by atoms with Gasteiger partial charge in [0.1, 0.15) is 0 Å². The van der Waals surface area contributed by atoms with Crippen molar-refractivity contribution >= 4 is 0 Å². The van der Waals surface area contributed by atoms with E-state index < -0.39 is 29.0 Å². The zero-order chi connectivity index (χ0) is 15.1. The molecule has 2 aromatic rings. The van der Waals surface area contributed by atoms with Crippen molar-refractivity contribution in [1.82, 2.24) is 4.98 Å². The van der Waals surface area contributed by atoms with Crippen molar-refractivity contribution in [1.29, 1.82) is 0 Å². The summed E-state index contributed by atoms with van der Waals surface area (Å²) >= 11 is 0. The van der Waals surface area contributed by atoms with Crippen LogP contribution in [0.5, 0.6) is 0 Å². The molecule has 2 rings (SSSR count). The number of aromatic nitrogens is 1. The second-order valence-corrected chi connectivity index (χ2v) is 4.02. The first-order valence-corrected chi connectivity index (χ1v) is 5.29. The molecule has 108 valence electrons. The Morgan fingerprint density at radius 2 is 1.65 bits per heavy atom. The van der Waals surface area contributed by atoms with Gasteiger partial charge in [0.05, 0.1) is 16.8 Å². The smallest absolute Gasteiger partial charge is 0.417 e. The van der Waals surface area contributed by atoms with Crippen LogP contribution in [0.4, 0.5) is 26.3 Å². The Bertz CT molecular complexity index is 626. The summed E-state index contributed by atoms with van der Waals surface area (Å²) in [4.78, 5) is 3.63. The van der Waals surface area contributed by atoms with E-state index in [4.69, 9.17) is 4.42 Å². The van der Waals surface area contributed by atoms with E-state index in [0.717, 1.165) is 12.5 Å². The number of halogens is 6. The minimum Gasteiger partial charge on any atom is -0.443 e. The van der Waals surface area contributed by atoms with Gasteiger partial charge >= 0.3 is 12.4 Å². The van der Waals surface area contributed by atoms with Gasteiger partial charge in [0, 0.05) is 5.56 Å². The van der Waals surface area contributed by atoms with Crippen LogP contribution in [0, 0.1) is 6.92 Å². The molecule has 0 bridgehead atoms. The fourth-order valence-corrected chi connectivity index (χ4v) is 1.71. The molecule has 0 unspecified atom stereocenters. The molecule has 0 atom stereocenters. The zero-order valence-corrected chi connectivity index (χ0v) is 9.93. The quantitative estimate of drug-likeness (QED) is 0.713. The highest BCUT2D eigenvalue weighted by atomic mass is 19.4. The van der Waals surface area contributed by atoms with Crippen molar-refractivity contribution in [3.8, 4) is 11.3 Å². The molecule has 0 radical (unpaired) electrons. The van der Waals surface area contributed by atoms with Crippen LogP contribution in [0.2, 0.25) is 0 Å². The van der Waals surface area contributed by atoms with Gasteiger partial charge in [-0.1, -0.05) is 0 Å². The van der Waals surface area contributed by atoms with E-state index in [9.17, 15) is 26.3 Å². The van der Waals surface area contributed by atoms with E-state index in [1.165, 1.54) is 6.92 Å². The first-order chi connectivity index (χ1) is 9.10. The predicted molar refractivity (Wildman–Crippen MR) is 56.7 cm³/mol. The fourth-order valence-electron chi connectivity index (χ4n) is 1.71. The SMILES string of the molecule is Cc1ncoc1-c1ccc(C(F)(F)F)cc1C(F)(F)F. The summed E-state index contributed by atoms with van der Waals surface area (Å²) in [6.07, 6.45) is -8.85. The molecule has 1 heterocycles. The summed E-state index contributed by atoms with van der Waals surface area (Å²) in [5.74, 6) is -0.203. The lowest BCUT2D eigenvalue weighted by Gasteiger charge is -2.14. The van der Waals surface area contributed by atoms with Crippen molar-refractivity contribution in [3.63, 3.8) is 0 Å². The van der Waals surface area contributed by atoms with Gasteiger partial charge in [0.15, 0.2) is 12.2 Å². The highest BCUT2D eigenvalue weighted by Crippen LogP contribution is 2.41. The second kappa shape index (κ2) is 4.53. The number of benzene rings is 1. The molecule has 0 fully saturated rings. The van der Waals surface area contributed by atoms with Crippen molar-refractivity contribution in [2.75, 3.05) is 0 Å². The van der Waals surface area contributed by atoms with Gasteiger partial charge in [-0.15, -0.1) is 0 Å². The van der Waals surface area contributed by atoms with Gasteiger partial charge in [-0.25, -0.2) is 4.98 Å². The standard InChI is InChI=1S/C12H7F6NO/c1-6-10(20-5-19-6)8-3-2-7(11(13,14)15)4-9(8)12(16,17)18/h2-5H,1H3. The molecular formula is C12H7F6NO. The van der Waals surface area contributed by atoms with Crippen molar-refractivity contribution in [2.45, 2.75) is 19.3 Å². The Morgan fingerprint density at radius 3 is 2.10 bits per heavy atom. The summed E-state index contributed by atoms with van der Waals surface area (Å²) in [6, 6.07) is 1.38. The third kappa shape index (κ3) is 2.63. The third-order valence-electron chi connectivity index (χ3n) is 2.64. The Hall–Kier alpha value is -1.99. The van der Waals surface area contributed by atoms with Crippen LogP contribution in [0.25, 0.3) is 11.3 Å². The van der Waals surface area contributed by atoms with Crippen LogP contribution in [0.1, 0.15) is 16.8 Å². The Kier molecular flexibility index (Phi) is 3.27. The molecule has 1 aromatic carbocycles. The van der Waals surface area contributed by atoms with Crippen LogP contribution < -0.4 is 0 Å². The van der Waals surface area contributed by atoms with Crippen molar-refractivity contribution < 1.29 is 30.8 Å². The van der Waals surface area contributed by atoms with Crippen LogP contribution in [-0.2, 0) is 12.4 Å². The minimum absolute atomic E-state index is 0.0668. The summed E-state index contributed by atoms with van der Waals surface area (Å²) < 4.78 is 81.1. The summed E-state index contributed by atoms with van der Waals surface area (Å²) in [5.41, 5.74) is -3.09. The number of alkyl halides is 6. The molecule has 2 nitrogen and oxygen atoms in total. The molecule has 0 N–H and O–H groups in total. The van der Waals surface area contributed by atoms with Crippen molar-refractivity contribution in [3.05, 3.63) is 41.4 Å². The van der Waals surface area contributed by atoms with E-state index in [1.54, 1.807) is 0 Å². The molecule has 0 saturated heterocycles. The Labute approximate surface area is 109 Å². The molecule has 0 aliphatic carbocycles. The normalized spacial score (nSPS) is 12.8. The monoisotopic (exact) mass is 295 g/mol. The highest BCUT2D eigenvalue weighted by Gasteiger charge is 2.39. The summed E-state index contributed by atoms with van der Waals surface area (Å²) in [7, 11) is 0. The van der Waals surface area contributed by atoms with Crippen LogP contribution in [-0.4, -0.2) is 4.98 Å². The number of aryl methyl sites for hydroxylation is 1. The number of nitrogens with zero attached hydrogens (tertiary/aromatic N) is 1. The maximum Gasteiger partial charge on any atom is 0.417 e. The summed E-state index contributed by atoms with van der Waals surface area (Å²) in [5, 5.41) is 0. The molecule has 8 heteroatoms. The van der Waals surface area contributed by atoms with Gasteiger partial charge in [0.2, 0.25) is 0 Å². The predicted octanol–water partition coefficient (Wildman–Crippen LogP) is 4.69. The van der Waals surface area contributed by atoms with E-state index in [1.807, 2.05) is 0 Å². The molecule has 20 heavy (non-hydrogen) atoms. The van der Waals surface area contributed by atoms with Crippen LogP contribution in [0.3, 0.4) is 0 Å². The number of hydrogen-bond donors (Lipinski definition) is 0. The second-order valence-electron chi connectivity index (χ2n) is 4.02. The van der Waals surface area contributed by atoms with E-state index >= 15 is 0 Å². The average molecular weight is 295 g/mol. The maximum absolute atomic E-state index is 12.9. The van der Waals surface area contributed by atoms with Gasteiger partial charge in [-0.05, 0) is 25.1 Å². The van der Waals surface area contributed by atoms with Gasteiger partial charge in [0.25, 0.3) is 0 Å². The zero-order valence-electron chi connectivity index (χ0n) is 9.93.